The van der Waals surface area contributed by atoms with E-state index in [9.17, 15) is 9.18 Å². The summed E-state index contributed by atoms with van der Waals surface area (Å²) >= 11 is 0. The van der Waals surface area contributed by atoms with E-state index in [1.807, 2.05) is 6.07 Å². The van der Waals surface area contributed by atoms with E-state index in [1.54, 1.807) is 6.07 Å². The lowest BCUT2D eigenvalue weighted by Gasteiger charge is -2.36. The Morgan fingerprint density at radius 1 is 1.19 bits per heavy atom. The molecule has 154 valence electrons. The number of carbonyl (C=O) groups is 1. The highest BCUT2D eigenvalue weighted by Crippen LogP contribution is 2.23. The van der Waals surface area contributed by atoms with E-state index in [-0.39, 0.29) is 42.6 Å². The van der Waals surface area contributed by atoms with Crippen molar-refractivity contribution in [1.29, 1.82) is 0 Å². The number of morpholine rings is 1. The van der Waals surface area contributed by atoms with Crippen LogP contribution in [0.15, 0.2) is 24.3 Å². The van der Waals surface area contributed by atoms with Crippen LogP contribution in [0, 0.1) is 5.82 Å². The summed E-state index contributed by atoms with van der Waals surface area (Å²) < 4.78 is 24.4. The highest BCUT2D eigenvalue weighted by atomic mass is 35.5. The van der Waals surface area contributed by atoms with E-state index in [0.29, 0.717) is 45.8 Å². The fourth-order valence-electron chi connectivity index (χ4n) is 3.39. The maximum Gasteiger partial charge on any atom is 0.240 e. The molecule has 3 rings (SSSR count). The Labute approximate surface area is 171 Å². The lowest BCUT2D eigenvalue weighted by Crippen LogP contribution is -2.58. The molecule has 2 heterocycles. The molecule has 1 aromatic carbocycles. The Balaban J connectivity index is 0.00000182. The van der Waals surface area contributed by atoms with E-state index in [2.05, 4.69) is 10.2 Å². The quantitative estimate of drug-likeness (QED) is 0.752. The van der Waals surface area contributed by atoms with Crippen LogP contribution in [0.3, 0.4) is 0 Å². The summed E-state index contributed by atoms with van der Waals surface area (Å²) in [5.41, 5.74) is 6.21. The molecule has 0 saturated carbocycles. The number of hydrogen-bond donors (Lipinski definition) is 2. The van der Waals surface area contributed by atoms with Gasteiger partial charge in [-0.2, -0.15) is 0 Å². The molecule has 3 N–H and O–H groups in total. The first-order valence-electron chi connectivity index (χ1n) is 8.81. The number of rotatable bonds is 5. The number of ether oxygens (including phenoxy) is 2. The van der Waals surface area contributed by atoms with Crippen LogP contribution in [0.4, 0.5) is 4.39 Å². The van der Waals surface area contributed by atoms with Gasteiger partial charge in [-0.3, -0.25) is 9.69 Å². The highest BCUT2D eigenvalue weighted by molar-refractivity contribution is 5.86. The molecule has 2 aliphatic heterocycles. The fourth-order valence-corrected chi connectivity index (χ4v) is 3.39. The van der Waals surface area contributed by atoms with Gasteiger partial charge in [0.2, 0.25) is 5.91 Å². The second-order valence-electron chi connectivity index (χ2n) is 6.70. The van der Waals surface area contributed by atoms with Gasteiger partial charge in [-0.15, -0.1) is 24.8 Å². The van der Waals surface area contributed by atoms with Crippen LogP contribution in [-0.4, -0.2) is 62.4 Å². The lowest BCUT2D eigenvalue weighted by atomic mass is 9.90. The third-order valence-electron chi connectivity index (χ3n) is 5.01. The Hall–Kier alpha value is -0.960. The SMILES string of the molecule is Cl.Cl.NC1(C(=O)NCC(c2cccc(F)c2)N2CCOCC2)CCOCC1. The fraction of sp³-hybridized carbons (Fsp3) is 0.611. The molecule has 2 saturated heterocycles. The van der Waals surface area contributed by atoms with Crippen LogP contribution in [0.1, 0.15) is 24.4 Å². The van der Waals surface area contributed by atoms with Gasteiger partial charge in [0.25, 0.3) is 0 Å². The smallest absolute Gasteiger partial charge is 0.240 e. The van der Waals surface area contributed by atoms with Crippen molar-refractivity contribution < 1.29 is 18.7 Å². The minimum absolute atomic E-state index is 0. The summed E-state index contributed by atoms with van der Waals surface area (Å²) in [4.78, 5) is 14.8. The van der Waals surface area contributed by atoms with Crippen molar-refractivity contribution in [3.8, 4) is 0 Å². The number of carbonyl (C=O) groups excluding carboxylic acids is 1. The van der Waals surface area contributed by atoms with Crippen LogP contribution in [0.5, 0.6) is 0 Å². The zero-order chi connectivity index (χ0) is 17.7. The topological polar surface area (TPSA) is 76.8 Å². The molecule has 6 nitrogen and oxygen atoms in total. The first kappa shape index (κ1) is 24.1. The van der Waals surface area contributed by atoms with Gasteiger partial charge in [-0.25, -0.2) is 4.39 Å². The maximum absolute atomic E-state index is 13.7. The van der Waals surface area contributed by atoms with Crippen LogP contribution in [0.25, 0.3) is 0 Å². The molecule has 2 aliphatic rings. The highest BCUT2D eigenvalue weighted by Gasteiger charge is 2.36. The summed E-state index contributed by atoms with van der Waals surface area (Å²) in [7, 11) is 0. The summed E-state index contributed by atoms with van der Waals surface area (Å²) in [5.74, 6) is -0.438. The summed E-state index contributed by atoms with van der Waals surface area (Å²) in [5, 5.41) is 2.98. The zero-order valence-corrected chi connectivity index (χ0v) is 16.8. The van der Waals surface area contributed by atoms with E-state index < -0.39 is 5.54 Å². The third-order valence-corrected chi connectivity index (χ3v) is 5.01. The minimum Gasteiger partial charge on any atom is -0.381 e. The molecule has 1 aromatic rings. The predicted molar refractivity (Wildman–Crippen MR) is 106 cm³/mol. The van der Waals surface area contributed by atoms with Gasteiger partial charge in [0.15, 0.2) is 0 Å². The number of amides is 1. The van der Waals surface area contributed by atoms with Crippen LogP contribution in [-0.2, 0) is 14.3 Å². The molecule has 1 amide bonds. The number of benzene rings is 1. The van der Waals surface area contributed by atoms with Crippen molar-refractivity contribution >= 4 is 30.7 Å². The number of hydrogen-bond acceptors (Lipinski definition) is 5. The van der Waals surface area contributed by atoms with Crippen molar-refractivity contribution in [2.75, 3.05) is 46.1 Å². The third kappa shape index (κ3) is 6.27. The number of nitrogens with one attached hydrogen (secondary N) is 1. The first-order valence-corrected chi connectivity index (χ1v) is 8.81. The summed E-state index contributed by atoms with van der Waals surface area (Å²) in [6, 6.07) is 6.44. The normalized spacial score (nSPS) is 20.7. The largest absolute Gasteiger partial charge is 0.381 e. The molecule has 0 aliphatic carbocycles. The van der Waals surface area contributed by atoms with Gasteiger partial charge < -0.3 is 20.5 Å². The van der Waals surface area contributed by atoms with Gasteiger partial charge in [-0.05, 0) is 30.5 Å². The summed E-state index contributed by atoms with van der Waals surface area (Å²) in [6.07, 6.45) is 1.03. The molecule has 9 heteroatoms. The predicted octanol–water partition coefficient (Wildman–Crippen LogP) is 1.67. The minimum atomic E-state index is -0.879. The molecule has 1 atom stereocenters. The lowest BCUT2D eigenvalue weighted by molar-refractivity contribution is -0.130. The average Bonchev–Trinajstić information content (AvgIpc) is 2.63. The molecule has 1 unspecified atom stereocenters. The Morgan fingerprint density at radius 3 is 2.44 bits per heavy atom. The van der Waals surface area contributed by atoms with E-state index >= 15 is 0 Å². The van der Waals surface area contributed by atoms with Gasteiger partial charge in [0, 0.05) is 32.8 Å². The maximum atomic E-state index is 13.7. The second kappa shape index (κ2) is 11.1. The molecule has 27 heavy (non-hydrogen) atoms. The molecular formula is C18H28Cl2FN3O3. The van der Waals surface area contributed by atoms with Crippen LogP contribution >= 0.6 is 24.8 Å². The summed E-state index contributed by atoms with van der Waals surface area (Å²) in [6.45, 7) is 4.16. The van der Waals surface area contributed by atoms with Crippen LogP contribution in [0.2, 0.25) is 0 Å². The van der Waals surface area contributed by atoms with Gasteiger partial charge in [0.05, 0.1) is 24.8 Å². The molecule has 0 spiro atoms. The molecule has 0 aromatic heterocycles. The van der Waals surface area contributed by atoms with Crippen molar-refractivity contribution in [3.05, 3.63) is 35.6 Å². The van der Waals surface area contributed by atoms with Gasteiger partial charge >= 0.3 is 0 Å². The molecule has 2 fully saturated rings. The second-order valence-corrected chi connectivity index (χ2v) is 6.70. The average molecular weight is 424 g/mol. The number of halogens is 3. The van der Waals surface area contributed by atoms with E-state index in [1.165, 1.54) is 12.1 Å². The van der Waals surface area contributed by atoms with Crippen LogP contribution < -0.4 is 11.1 Å². The Kier molecular flexibility index (Phi) is 9.94. The van der Waals surface area contributed by atoms with Crippen molar-refractivity contribution in [1.82, 2.24) is 10.2 Å². The van der Waals surface area contributed by atoms with Gasteiger partial charge in [0.1, 0.15) is 5.82 Å². The van der Waals surface area contributed by atoms with Crippen molar-refractivity contribution in [3.63, 3.8) is 0 Å². The molecule has 0 bridgehead atoms. The zero-order valence-electron chi connectivity index (χ0n) is 15.2. The monoisotopic (exact) mass is 423 g/mol. The molecule has 0 radical (unpaired) electrons. The standard InChI is InChI=1S/C18H26FN3O3.2ClH/c19-15-3-1-2-14(12-15)16(22-6-10-25-11-7-22)13-21-17(23)18(20)4-8-24-9-5-18;;/h1-3,12,16H,4-11,13,20H2,(H,21,23);2*1H. The van der Waals surface area contributed by atoms with E-state index in [4.69, 9.17) is 15.2 Å². The number of nitrogens with zero attached hydrogens (tertiary/aromatic N) is 1. The Morgan fingerprint density at radius 2 is 1.81 bits per heavy atom. The first-order chi connectivity index (χ1) is 12.1. The number of nitrogens with two attached hydrogens (primary N) is 1. The van der Waals surface area contributed by atoms with Crippen molar-refractivity contribution in [2.24, 2.45) is 5.73 Å². The Bertz CT molecular complexity index is 597. The van der Waals surface area contributed by atoms with E-state index in [0.717, 1.165) is 18.7 Å². The molecular weight excluding hydrogens is 396 g/mol. The van der Waals surface area contributed by atoms with Crippen molar-refractivity contribution in [2.45, 2.75) is 24.4 Å². The van der Waals surface area contributed by atoms with Gasteiger partial charge in [-0.1, -0.05) is 12.1 Å².